The van der Waals surface area contributed by atoms with Crippen LogP contribution in [-0.2, 0) is 16.5 Å². The summed E-state index contributed by atoms with van der Waals surface area (Å²) in [5, 5.41) is 15.2. The normalized spacial score (nSPS) is 11.3. The number of rotatable bonds is 5. The van der Waals surface area contributed by atoms with Crippen LogP contribution in [0.2, 0.25) is 0 Å². The van der Waals surface area contributed by atoms with Gasteiger partial charge in [-0.25, -0.2) is 13.4 Å². The van der Waals surface area contributed by atoms with Crippen molar-refractivity contribution < 1.29 is 8.42 Å². The molecule has 2 aromatic carbocycles. The topological polar surface area (TPSA) is 98.6 Å². The molecule has 5 rings (SSSR count). The summed E-state index contributed by atoms with van der Waals surface area (Å²) in [5.41, 5.74) is 5.94. The molecule has 0 atom stereocenters. The van der Waals surface area contributed by atoms with Crippen molar-refractivity contribution in [2.75, 3.05) is 5.32 Å². The van der Waals surface area contributed by atoms with Gasteiger partial charge in [-0.15, -0.1) is 11.3 Å². The number of hydrogen-bond acceptors (Lipinski definition) is 6. The van der Waals surface area contributed by atoms with E-state index in [4.69, 9.17) is 0 Å². The highest BCUT2D eigenvalue weighted by Crippen LogP contribution is 2.39. The number of aromatic nitrogens is 2. The molecule has 32 heavy (non-hydrogen) atoms. The monoisotopic (exact) mass is 458 g/mol. The lowest BCUT2D eigenvalue weighted by Crippen LogP contribution is -1.97. The second-order valence-electron chi connectivity index (χ2n) is 7.48. The molecule has 0 radical (unpaired) electrons. The number of thiol groups is 1. The Morgan fingerprint density at radius 1 is 1.16 bits per heavy atom. The molecule has 2 N–H and O–H groups in total. The second kappa shape index (κ2) is 8.11. The molecule has 3 aromatic heterocycles. The zero-order valence-corrected chi connectivity index (χ0v) is 18.8. The number of nitrogens with one attached hydrogen (secondary N) is 2. The Labute approximate surface area is 190 Å². The molecule has 6 nitrogen and oxygen atoms in total. The maximum atomic E-state index is 11.1. The number of benzene rings is 2. The van der Waals surface area contributed by atoms with Gasteiger partial charge in [0.15, 0.2) is 0 Å². The number of nitrogens with zero attached hydrogens (tertiary/aromatic N) is 2. The van der Waals surface area contributed by atoms with E-state index in [1.54, 1.807) is 12.3 Å². The van der Waals surface area contributed by atoms with E-state index in [9.17, 15) is 13.7 Å². The predicted molar refractivity (Wildman–Crippen MR) is 130 cm³/mol. The first-order valence-electron chi connectivity index (χ1n) is 9.91. The van der Waals surface area contributed by atoms with Crippen molar-refractivity contribution >= 4 is 54.5 Å². The summed E-state index contributed by atoms with van der Waals surface area (Å²) in [4.78, 5) is 9.48. The van der Waals surface area contributed by atoms with Gasteiger partial charge in [0.1, 0.15) is 21.6 Å². The van der Waals surface area contributed by atoms with Crippen molar-refractivity contribution in [3.8, 4) is 16.5 Å². The summed E-state index contributed by atoms with van der Waals surface area (Å²) in [6, 6.07) is 17.8. The van der Waals surface area contributed by atoms with Crippen molar-refractivity contribution in [3.63, 3.8) is 0 Å². The first kappa shape index (κ1) is 20.2. The molecule has 0 saturated carbocycles. The van der Waals surface area contributed by atoms with Gasteiger partial charge in [0.2, 0.25) is 0 Å². The third-order valence-corrected chi connectivity index (χ3v) is 7.18. The Balaban J connectivity index is 1.62. The highest BCUT2D eigenvalue weighted by Gasteiger charge is 2.15. The van der Waals surface area contributed by atoms with Crippen LogP contribution in [0.1, 0.15) is 16.7 Å². The van der Waals surface area contributed by atoms with E-state index in [-0.39, 0.29) is 5.75 Å². The molecular formula is C24H18N4O2S2. The average molecular weight is 459 g/mol. The third-order valence-electron chi connectivity index (χ3n) is 5.47. The zero-order chi connectivity index (χ0) is 22.2. The maximum Gasteiger partial charge on any atom is 0.144 e. The molecular weight excluding hydrogens is 440 g/mol. The number of fused-ring (bicyclic) bond motifs is 2. The number of nitriles is 1. The van der Waals surface area contributed by atoms with Gasteiger partial charge in [0, 0.05) is 39.2 Å². The maximum absolute atomic E-state index is 11.1. The molecule has 3 heterocycles. The highest BCUT2D eigenvalue weighted by molar-refractivity contribution is 7.71. The standard InChI is InChI=1S/C24H18N4O2S2/c1-14-18-7-8-26-21(18)6-5-20(14)28-23-17(11-25)12-27-24-19(23)10-22(31-24)16-4-2-3-15(9-16)13-32(29)30/h2-10,12,26,32H,13H2,1H3,(H,27,28). The predicted octanol–water partition coefficient (Wildman–Crippen LogP) is 5.48. The van der Waals surface area contributed by atoms with Gasteiger partial charge in [-0.05, 0) is 53.9 Å². The lowest BCUT2D eigenvalue weighted by molar-refractivity contribution is 0.614. The van der Waals surface area contributed by atoms with E-state index >= 15 is 0 Å². The lowest BCUT2D eigenvalue weighted by Gasteiger charge is -2.12. The quantitative estimate of drug-likeness (QED) is 0.303. The SMILES string of the molecule is Cc1c(Nc2c(C#N)cnc3sc(-c4cccc(C[SH](=O)=O)c4)cc23)ccc2[nH]ccc12. The van der Waals surface area contributed by atoms with Crippen LogP contribution in [0.4, 0.5) is 11.4 Å². The van der Waals surface area contributed by atoms with Gasteiger partial charge in [-0.3, -0.25) is 0 Å². The number of anilines is 2. The van der Waals surface area contributed by atoms with Gasteiger partial charge in [-0.2, -0.15) is 5.26 Å². The number of pyridine rings is 1. The van der Waals surface area contributed by atoms with Crippen molar-refractivity contribution in [1.82, 2.24) is 9.97 Å². The molecule has 5 aromatic rings. The largest absolute Gasteiger partial charge is 0.361 e. The Morgan fingerprint density at radius 3 is 2.84 bits per heavy atom. The van der Waals surface area contributed by atoms with E-state index < -0.39 is 10.7 Å². The highest BCUT2D eigenvalue weighted by atomic mass is 32.2. The summed E-state index contributed by atoms with van der Waals surface area (Å²) in [7, 11) is -2.49. The fourth-order valence-corrected chi connectivity index (χ4v) is 5.38. The molecule has 0 bridgehead atoms. The van der Waals surface area contributed by atoms with E-state index in [0.717, 1.165) is 54.1 Å². The van der Waals surface area contributed by atoms with Crippen molar-refractivity contribution in [3.05, 3.63) is 77.6 Å². The lowest BCUT2D eigenvalue weighted by atomic mass is 10.1. The summed E-state index contributed by atoms with van der Waals surface area (Å²) in [6.45, 7) is 2.05. The van der Waals surface area contributed by atoms with Gasteiger partial charge in [-0.1, -0.05) is 18.2 Å². The van der Waals surface area contributed by atoms with E-state index in [1.807, 2.05) is 55.6 Å². The number of hydrogen-bond donors (Lipinski definition) is 3. The number of aromatic amines is 1. The van der Waals surface area contributed by atoms with Gasteiger partial charge >= 0.3 is 0 Å². The first-order valence-corrected chi connectivity index (χ1v) is 12.1. The summed E-state index contributed by atoms with van der Waals surface area (Å²) < 4.78 is 22.3. The number of H-pyrrole nitrogens is 1. The Morgan fingerprint density at radius 2 is 2.03 bits per heavy atom. The summed E-state index contributed by atoms with van der Waals surface area (Å²) >= 11 is 1.51. The number of thiophene rings is 1. The van der Waals surface area contributed by atoms with Crippen LogP contribution in [0.15, 0.2) is 60.9 Å². The molecule has 0 aliphatic rings. The van der Waals surface area contributed by atoms with Crippen LogP contribution in [0.25, 0.3) is 31.6 Å². The van der Waals surface area contributed by atoms with Crippen molar-refractivity contribution in [2.24, 2.45) is 0 Å². The van der Waals surface area contributed by atoms with Crippen LogP contribution in [0.5, 0.6) is 0 Å². The molecule has 0 aliphatic carbocycles. The van der Waals surface area contributed by atoms with Crippen LogP contribution < -0.4 is 5.32 Å². The average Bonchev–Trinajstić information content (AvgIpc) is 3.43. The molecule has 0 spiro atoms. The minimum absolute atomic E-state index is 0.0125. The molecule has 0 amide bonds. The van der Waals surface area contributed by atoms with Gasteiger partial charge < -0.3 is 10.3 Å². The Kier molecular flexibility index (Phi) is 5.13. The van der Waals surface area contributed by atoms with Crippen molar-refractivity contribution in [1.29, 1.82) is 5.26 Å². The van der Waals surface area contributed by atoms with Crippen LogP contribution in [0, 0.1) is 18.3 Å². The van der Waals surface area contributed by atoms with Crippen LogP contribution in [0.3, 0.4) is 0 Å². The molecule has 8 heteroatoms. The molecule has 158 valence electrons. The Hall–Kier alpha value is -3.67. The Bertz CT molecular complexity index is 1600. The zero-order valence-electron chi connectivity index (χ0n) is 17.0. The fourth-order valence-electron chi connectivity index (χ4n) is 3.88. The summed E-state index contributed by atoms with van der Waals surface area (Å²) in [6.07, 6.45) is 3.50. The van der Waals surface area contributed by atoms with E-state index in [2.05, 4.69) is 21.4 Å². The van der Waals surface area contributed by atoms with Crippen LogP contribution >= 0.6 is 11.3 Å². The van der Waals surface area contributed by atoms with Gasteiger partial charge in [0.25, 0.3) is 0 Å². The van der Waals surface area contributed by atoms with E-state index in [0.29, 0.717) is 5.56 Å². The third kappa shape index (κ3) is 3.62. The van der Waals surface area contributed by atoms with E-state index in [1.165, 1.54) is 11.3 Å². The molecule has 0 aliphatic heterocycles. The molecule has 0 fully saturated rings. The second-order valence-corrected chi connectivity index (χ2v) is 9.49. The molecule has 0 unspecified atom stereocenters. The number of aryl methyl sites for hydroxylation is 1. The summed E-state index contributed by atoms with van der Waals surface area (Å²) in [5.74, 6) is 0.0125. The minimum Gasteiger partial charge on any atom is -0.361 e. The van der Waals surface area contributed by atoms with Crippen molar-refractivity contribution in [2.45, 2.75) is 12.7 Å². The smallest absolute Gasteiger partial charge is 0.144 e. The fraction of sp³-hybridized carbons (Fsp3) is 0.0833. The first-order chi connectivity index (χ1) is 15.5. The minimum atomic E-state index is -2.49. The van der Waals surface area contributed by atoms with Crippen LogP contribution in [-0.4, -0.2) is 18.4 Å². The molecule has 0 saturated heterocycles. The van der Waals surface area contributed by atoms with Gasteiger partial charge in [0.05, 0.1) is 17.0 Å².